The van der Waals surface area contributed by atoms with Crippen LogP contribution in [-0.2, 0) is 11.2 Å². The van der Waals surface area contributed by atoms with E-state index in [-0.39, 0.29) is 13.5 Å². The Morgan fingerprint density at radius 1 is 1.25 bits per heavy atom. The Hall–Kier alpha value is -1.17. The maximum atomic E-state index is 10.5. The van der Waals surface area contributed by atoms with Crippen LogP contribution in [0.5, 0.6) is 0 Å². The second-order valence-corrected chi connectivity index (χ2v) is 5.49. The highest BCUT2D eigenvalue weighted by Gasteiger charge is 2.18. The van der Waals surface area contributed by atoms with E-state index in [0.717, 1.165) is 18.3 Å². The fourth-order valence-electron chi connectivity index (χ4n) is 2.07. The van der Waals surface area contributed by atoms with Crippen LogP contribution in [0.25, 0.3) is 0 Å². The topological polar surface area (TPSA) is 61.4 Å². The average molecular weight is 276 g/mol. The molecule has 0 saturated heterocycles. The Balaban J connectivity index is 2.51. The Labute approximate surface area is 122 Å². The number of rotatable bonds is 10. The summed E-state index contributed by atoms with van der Waals surface area (Å²) in [5.41, 5.74) is 1.15. The van der Waals surface area contributed by atoms with E-state index in [4.69, 9.17) is 0 Å². The molecule has 0 aliphatic rings. The van der Waals surface area contributed by atoms with E-state index < -0.39 is 6.10 Å². The molecule has 4 nitrogen and oxygen atoms in total. The summed E-state index contributed by atoms with van der Waals surface area (Å²) >= 11 is 0. The molecule has 3 N–H and O–H groups in total. The summed E-state index contributed by atoms with van der Waals surface area (Å²) in [4.78, 5) is 10.5. The van der Waals surface area contributed by atoms with Crippen LogP contribution in [0.4, 0.5) is 0 Å². The maximum Gasteiger partial charge on any atom is 0.278 e. The molecular formula is C15H25BN2O2. The summed E-state index contributed by atoms with van der Waals surface area (Å²) in [6.45, 7) is 5.67. The molecule has 1 rings (SSSR count). The number of aliphatic hydroxyl groups is 1. The predicted molar refractivity (Wildman–Crippen MR) is 84.7 cm³/mol. The van der Waals surface area contributed by atoms with Crippen molar-refractivity contribution in [2.24, 2.45) is 5.92 Å². The molecule has 0 spiro atoms. The minimum absolute atomic E-state index is 0.123. The molecule has 0 amide bonds. The van der Waals surface area contributed by atoms with E-state index in [1.807, 2.05) is 30.3 Å². The third kappa shape index (κ3) is 6.84. The zero-order valence-electron chi connectivity index (χ0n) is 12.4. The molecule has 0 aliphatic carbocycles. The number of carbonyl (C=O) groups excluding carboxylic acids is 1. The first kappa shape index (κ1) is 16.9. The monoisotopic (exact) mass is 276 g/mol. The number of nitrogens with one attached hydrogen (secondary N) is 2. The maximum absolute atomic E-state index is 10.5. The minimum Gasteiger partial charge on any atom is -0.390 e. The molecule has 0 aliphatic heterocycles. The number of carbonyl (C=O) groups is 1. The fourth-order valence-corrected chi connectivity index (χ4v) is 2.07. The van der Waals surface area contributed by atoms with Gasteiger partial charge in [-0.3, -0.25) is 0 Å². The largest absolute Gasteiger partial charge is 0.390 e. The molecule has 0 fully saturated rings. The summed E-state index contributed by atoms with van der Waals surface area (Å²) in [6.07, 6.45) is 1.01. The lowest BCUT2D eigenvalue weighted by atomic mass is 9.91. The van der Waals surface area contributed by atoms with Gasteiger partial charge in [-0.05, 0) is 24.4 Å². The molecule has 0 heterocycles. The zero-order valence-corrected chi connectivity index (χ0v) is 12.4. The number of benzene rings is 1. The third-order valence-corrected chi connectivity index (χ3v) is 3.13. The van der Waals surface area contributed by atoms with Crippen molar-refractivity contribution < 1.29 is 9.90 Å². The Kier molecular flexibility index (Phi) is 8.19. The van der Waals surface area contributed by atoms with Crippen LogP contribution in [0.3, 0.4) is 0 Å². The van der Waals surface area contributed by atoms with Crippen molar-refractivity contribution in [3.05, 3.63) is 35.9 Å². The Bertz CT molecular complexity index is 373. The van der Waals surface area contributed by atoms with Gasteiger partial charge in [0, 0.05) is 12.6 Å². The van der Waals surface area contributed by atoms with Crippen LogP contribution in [0.15, 0.2) is 30.3 Å². The zero-order chi connectivity index (χ0) is 14.8. The molecule has 1 aromatic carbocycles. The van der Waals surface area contributed by atoms with E-state index in [2.05, 4.69) is 24.4 Å². The second-order valence-electron chi connectivity index (χ2n) is 5.49. The van der Waals surface area contributed by atoms with E-state index in [0.29, 0.717) is 18.9 Å². The minimum atomic E-state index is -0.520. The molecule has 0 unspecified atom stereocenters. The van der Waals surface area contributed by atoms with Crippen molar-refractivity contribution in [3.63, 3.8) is 0 Å². The van der Waals surface area contributed by atoms with Gasteiger partial charge in [-0.25, -0.2) is 0 Å². The van der Waals surface area contributed by atoms with Gasteiger partial charge >= 0.3 is 0 Å². The normalized spacial score (nSPS) is 14.0. The van der Waals surface area contributed by atoms with E-state index in [9.17, 15) is 9.90 Å². The molecular weight excluding hydrogens is 251 g/mol. The molecule has 110 valence electrons. The van der Waals surface area contributed by atoms with Gasteiger partial charge in [0.15, 0.2) is 0 Å². The molecule has 0 bridgehead atoms. The SMILES string of the molecule is CC(C)CNC[C@@H](O)[C@H](Cc1ccccc1)NBC=O. The molecule has 5 heteroatoms. The highest BCUT2D eigenvalue weighted by Crippen LogP contribution is 2.06. The summed E-state index contributed by atoms with van der Waals surface area (Å²) in [5.74, 6) is 0.553. The smallest absolute Gasteiger partial charge is 0.278 e. The Morgan fingerprint density at radius 3 is 2.55 bits per heavy atom. The molecule has 0 radical (unpaired) electrons. The lowest BCUT2D eigenvalue weighted by molar-refractivity contribution is 0.134. The summed E-state index contributed by atoms with van der Waals surface area (Å²) in [7, 11) is 0.263. The molecule has 0 aromatic heterocycles. The highest BCUT2D eigenvalue weighted by atomic mass is 16.3. The van der Waals surface area contributed by atoms with Gasteiger partial charge in [0.1, 0.15) is 0 Å². The third-order valence-electron chi connectivity index (χ3n) is 3.13. The lowest BCUT2D eigenvalue weighted by Crippen LogP contribution is -2.48. The van der Waals surface area contributed by atoms with Crippen molar-refractivity contribution in [1.29, 1.82) is 0 Å². The van der Waals surface area contributed by atoms with Crippen molar-refractivity contribution >= 4 is 13.6 Å². The van der Waals surface area contributed by atoms with Crippen LogP contribution < -0.4 is 10.5 Å². The number of hydrogen-bond acceptors (Lipinski definition) is 4. The first-order chi connectivity index (χ1) is 9.63. The van der Waals surface area contributed by atoms with Crippen molar-refractivity contribution in [2.75, 3.05) is 13.1 Å². The first-order valence-electron chi connectivity index (χ1n) is 7.23. The second kappa shape index (κ2) is 9.69. The van der Waals surface area contributed by atoms with E-state index in [1.54, 1.807) is 0 Å². The molecule has 20 heavy (non-hydrogen) atoms. The van der Waals surface area contributed by atoms with Crippen LogP contribution in [0.1, 0.15) is 19.4 Å². The van der Waals surface area contributed by atoms with Gasteiger partial charge in [-0.15, -0.1) is 0 Å². The van der Waals surface area contributed by atoms with Gasteiger partial charge < -0.3 is 20.4 Å². The van der Waals surface area contributed by atoms with Crippen LogP contribution >= 0.6 is 0 Å². The number of hydrogen-bond donors (Lipinski definition) is 3. The number of aliphatic hydroxyl groups excluding tert-OH is 1. The standard InChI is InChI=1S/C15H25BN2O2/c1-12(2)9-17-10-15(20)14(18-16-11-19)8-13-6-4-3-5-7-13/h3-7,11-12,14-18,20H,8-10H2,1-2H3/t14-,15+/m0/s1. The van der Waals surface area contributed by atoms with Gasteiger partial charge in [-0.2, -0.15) is 0 Å². The van der Waals surface area contributed by atoms with Crippen molar-refractivity contribution in [2.45, 2.75) is 32.4 Å². The van der Waals surface area contributed by atoms with Gasteiger partial charge in [0.25, 0.3) is 7.41 Å². The fraction of sp³-hybridized carbons (Fsp3) is 0.533. The predicted octanol–water partition coefficient (Wildman–Crippen LogP) is 0.335. The summed E-state index contributed by atoms with van der Waals surface area (Å²) in [6, 6.07) is 9.87. The van der Waals surface area contributed by atoms with E-state index >= 15 is 0 Å². The van der Waals surface area contributed by atoms with Crippen molar-refractivity contribution in [1.82, 2.24) is 10.5 Å². The lowest BCUT2D eigenvalue weighted by Gasteiger charge is -2.24. The Morgan fingerprint density at radius 2 is 1.95 bits per heavy atom. The highest BCUT2D eigenvalue weighted by molar-refractivity contribution is 6.64. The van der Waals surface area contributed by atoms with Gasteiger partial charge in [0.2, 0.25) is 0 Å². The molecule has 0 saturated carbocycles. The van der Waals surface area contributed by atoms with E-state index in [1.165, 1.54) is 0 Å². The molecule has 1 aromatic rings. The van der Waals surface area contributed by atoms with Gasteiger partial charge in [0.05, 0.1) is 12.3 Å². The van der Waals surface area contributed by atoms with Crippen LogP contribution in [0, 0.1) is 5.92 Å². The quantitative estimate of drug-likeness (QED) is 0.426. The average Bonchev–Trinajstić information content (AvgIpc) is 2.44. The summed E-state index contributed by atoms with van der Waals surface area (Å²) < 4.78 is 0. The molecule has 2 atom stereocenters. The van der Waals surface area contributed by atoms with Crippen LogP contribution in [-0.4, -0.2) is 43.9 Å². The van der Waals surface area contributed by atoms with Crippen LogP contribution in [0.2, 0.25) is 0 Å². The van der Waals surface area contributed by atoms with Crippen molar-refractivity contribution in [3.8, 4) is 0 Å². The van der Waals surface area contributed by atoms with Gasteiger partial charge in [-0.1, -0.05) is 44.2 Å². The summed E-state index contributed by atoms with van der Waals surface area (Å²) in [5, 5.41) is 16.6. The first-order valence-corrected chi connectivity index (χ1v) is 7.23.